The molecule has 2 aromatic rings. The molecule has 5 heteroatoms. The molecule has 0 aliphatic rings. The molecule has 0 amide bonds. The second-order valence-corrected chi connectivity index (χ2v) is 4.21. The summed E-state index contributed by atoms with van der Waals surface area (Å²) in [5.41, 5.74) is 0.301. The van der Waals surface area contributed by atoms with E-state index in [0.717, 1.165) is 17.8 Å². The van der Waals surface area contributed by atoms with Gasteiger partial charge in [0.25, 0.3) is 0 Å². The third kappa shape index (κ3) is 3.47. The zero-order valence-electron chi connectivity index (χ0n) is 10.3. The van der Waals surface area contributed by atoms with Crippen molar-refractivity contribution in [1.29, 1.82) is 0 Å². The molecule has 2 nitrogen and oxygen atoms in total. The Labute approximate surface area is 109 Å². The first-order valence-electron chi connectivity index (χ1n) is 5.81. The Kier molecular flexibility index (Phi) is 3.74. The summed E-state index contributed by atoms with van der Waals surface area (Å²) in [5.74, 6) is 0.421. The Balaban J connectivity index is 2.08. The molecule has 0 saturated heterocycles. The molecule has 100 valence electrons. The third-order valence-corrected chi connectivity index (χ3v) is 2.75. The fourth-order valence-electron chi connectivity index (χ4n) is 1.69. The van der Waals surface area contributed by atoms with Crippen LogP contribution < -0.4 is 5.32 Å². The van der Waals surface area contributed by atoms with E-state index in [-0.39, 0.29) is 6.04 Å². The van der Waals surface area contributed by atoms with Gasteiger partial charge in [0.15, 0.2) is 0 Å². The van der Waals surface area contributed by atoms with E-state index in [2.05, 4.69) is 10.3 Å². The summed E-state index contributed by atoms with van der Waals surface area (Å²) < 4.78 is 37.2. The highest BCUT2D eigenvalue weighted by molar-refractivity contribution is 5.39. The summed E-state index contributed by atoms with van der Waals surface area (Å²) in [6.07, 6.45) is -3.52. The Morgan fingerprint density at radius 2 is 1.74 bits per heavy atom. The summed E-state index contributed by atoms with van der Waals surface area (Å²) >= 11 is 0. The first-order valence-corrected chi connectivity index (χ1v) is 5.81. The summed E-state index contributed by atoms with van der Waals surface area (Å²) in [7, 11) is 0. The number of halogens is 3. The van der Waals surface area contributed by atoms with Crippen LogP contribution in [-0.2, 0) is 6.18 Å². The Morgan fingerprint density at radius 3 is 2.26 bits per heavy atom. The fraction of sp³-hybridized carbons (Fsp3) is 0.214. The second-order valence-electron chi connectivity index (χ2n) is 4.21. The zero-order valence-corrected chi connectivity index (χ0v) is 10.3. The molecule has 0 aliphatic carbocycles. The first-order chi connectivity index (χ1) is 8.97. The van der Waals surface area contributed by atoms with Crippen LogP contribution in [-0.4, -0.2) is 4.98 Å². The molecule has 1 aromatic carbocycles. The van der Waals surface area contributed by atoms with Gasteiger partial charge in [0.2, 0.25) is 0 Å². The van der Waals surface area contributed by atoms with Crippen molar-refractivity contribution in [3.63, 3.8) is 0 Å². The van der Waals surface area contributed by atoms with Crippen LogP contribution in [0.5, 0.6) is 0 Å². The molecular weight excluding hydrogens is 253 g/mol. The molecule has 0 fully saturated rings. The van der Waals surface area contributed by atoms with Crippen LogP contribution in [0.2, 0.25) is 0 Å². The lowest BCUT2D eigenvalue weighted by Crippen LogP contribution is -2.09. The average molecular weight is 266 g/mol. The summed E-state index contributed by atoms with van der Waals surface area (Å²) in [4.78, 5) is 3.78. The topological polar surface area (TPSA) is 24.9 Å². The number of anilines is 1. The van der Waals surface area contributed by atoms with Crippen molar-refractivity contribution in [2.24, 2.45) is 0 Å². The van der Waals surface area contributed by atoms with Gasteiger partial charge in [0, 0.05) is 12.2 Å². The molecule has 1 unspecified atom stereocenters. The minimum atomic E-state index is -4.35. The van der Waals surface area contributed by atoms with E-state index in [1.54, 1.807) is 0 Å². The maximum Gasteiger partial charge on any atom is 0.417 e. The number of hydrogen-bond donors (Lipinski definition) is 1. The molecular formula is C14H13F3N2. The number of benzene rings is 1. The van der Waals surface area contributed by atoms with Crippen molar-refractivity contribution in [3.8, 4) is 0 Å². The predicted octanol–water partition coefficient (Wildman–Crippen LogP) is 4.27. The standard InChI is InChI=1S/C14H13F3N2/c1-10(11-5-3-2-4-6-11)19-13-8-7-12(9-18-13)14(15,16)17/h2-10H,1H3,(H,18,19). The smallest absolute Gasteiger partial charge is 0.364 e. The lowest BCUT2D eigenvalue weighted by atomic mass is 10.1. The number of hydrogen-bond acceptors (Lipinski definition) is 2. The highest BCUT2D eigenvalue weighted by Gasteiger charge is 2.30. The first kappa shape index (κ1) is 13.4. The lowest BCUT2D eigenvalue weighted by molar-refractivity contribution is -0.137. The SMILES string of the molecule is CC(Nc1ccc(C(F)(F)F)cn1)c1ccccc1. The van der Waals surface area contributed by atoms with Gasteiger partial charge in [-0.1, -0.05) is 30.3 Å². The van der Waals surface area contributed by atoms with Crippen molar-refractivity contribution >= 4 is 5.82 Å². The molecule has 2 rings (SSSR count). The molecule has 0 bridgehead atoms. The number of nitrogens with zero attached hydrogens (tertiary/aromatic N) is 1. The molecule has 1 aromatic heterocycles. The van der Waals surface area contributed by atoms with E-state index in [1.165, 1.54) is 6.07 Å². The van der Waals surface area contributed by atoms with Crippen molar-refractivity contribution in [2.45, 2.75) is 19.1 Å². The van der Waals surface area contributed by atoms with E-state index >= 15 is 0 Å². The van der Waals surface area contributed by atoms with Gasteiger partial charge >= 0.3 is 6.18 Å². The molecule has 0 spiro atoms. The van der Waals surface area contributed by atoms with E-state index < -0.39 is 11.7 Å². The van der Waals surface area contributed by atoms with Gasteiger partial charge in [-0.05, 0) is 24.6 Å². The number of nitrogens with one attached hydrogen (secondary N) is 1. The molecule has 1 atom stereocenters. The van der Waals surface area contributed by atoms with Gasteiger partial charge in [-0.25, -0.2) is 4.98 Å². The van der Waals surface area contributed by atoms with Crippen molar-refractivity contribution in [3.05, 3.63) is 59.8 Å². The van der Waals surface area contributed by atoms with E-state index in [4.69, 9.17) is 0 Å². The molecule has 19 heavy (non-hydrogen) atoms. The minimum absolute atomic E-state index is 0.0227. The quantitative estimate of drug-likeness (QED) is 0.897. The second kappa shape index (κ2) is 5.30. The number of rotatable bonds is 3. The van der Waals surface area contributed by atoms with E-state index in [1.807, 2.05) is 37.3 Å². The number of aromatic nitrogens is 1. The maximum atomic E-state index is 12.4. The fourth-order valence-corrected chi connectivity index (χ4v) is 1.69. The van der Waals surface area contributed by atoms with Crippen LogP contribution in [0.25, 0.3) is 0 Å². The van der Waals surface area contributed by atoms with Crippen LogP contribution in [0.15, 0.2) is 48.7 Å². The molecule has 0 radical (unpaired) electrons. The van der Waals surface area contributed by atoms with Gasteiger partial charge < -0.3 is 5.32 Å². The third-order valence-electron chi connectivity index (χ3n) is 2.75. The summed E-state index contributed by atoms with van der Waals surface area (Å²) in [6.45, 7) is 1.93. The number of alkyl halides is 3. The van der Waals surface area contributed by atoms with Crippen LogP contribution in [0.4, 0.5) is 19.0 Å². The zero-order chi connectivity index (χ0) is 13.9. The molecule has 1 N–H and O–H groups in total. The van der Waals surface area contributed by atoms with Crippen molar-refractivity contribution in [2.75, 3.05) is 5.32 Å². The van der Waals surface area contributed by atoms with Gasteiger partial charge in [-0.3, -0.25) is 0 Å². The van der Waals surface area contributed by atoms with Gasteiger partial charge in [0.05, 0.1) is 5.56 Å². The highest BCUT2D eigenvalue weighted by atomic mass is 19.4. The lowest BCUT2D eigenvalue weighted by Gasteiger charge is -2.15. The largest absolute Gasteiger partial charge is 0.417 e. The summed E-state index contributed by atoms with van der Waals surface area (Å²) in [5, 5.41) is 3.06. The molecule has 1 heterocycles. The Hall–Kier alpha value is -2.04. The average Bonchev–Trinajstić information content (AvgIpc) is 2.39. The highest BCUT2D eigenvalue weighted by Crippen LogP contribution is 2.29. The van der Waals surface area contributed by atoms with Crippen molar-refractivity contribution in [1.82, 2.24) is 4.98 Å². The van der Waals surface area contributed by atoms with Crippen LogP contribution in [0.3, 0.4) is 0 Å². The predicted molar refractivity (Wildman–Crippen MR) is 67.7 cm³/mol. The minimum Gasteiger partial charge on any atom is -0.364 e. The van der Waals surface area contributed by atoms with E-state index in [9.17, 15) is 13.2 Å². The van der Waals surface area contributed by atoms with Crippen LogP contribution in [0.1, 0.15) is 24.1 Å². The van der Waals surface area contributed by atoms with Crippen molar-refractivity contribution < 1.29 is 13.2 Å². The molecule has 0 saturated carbocycles. The monoisotopic (exact) mass is 266 g/mol. The van der Waals surface area contributed by atoms with Gasteiger partial charge in [0.1, 0.15) is 5.82 Å². The maximum absolute atomic E-state index is 12.4. The molecule has 0 aliphatic heterocycles. The van der Waals surface area contributed by atoms with Crippen LogP contribution >= 0.6 is 0 Å². The Bertz CT molecular complexity index is 521. The van der Waals surface area contributed by atoms with Gasteiger partial charge in [-0.2, -0.15) is 13.2 Å². The van der Waals surface area contributed by atoms with Gasteiger partial charge in [-0.15, -0.1) is 0 Å². The number of pyridine rings is 1. The summed E-state index contributed by atoms with van der Waals surface area (Å²) in [6, 6.07) is 12.0. The Morgan fingerprint density at radius 1 is 1.05 bits per heavy atom. The normalized spacial score (nSPS) is 13.1. The van der Waals surface area contributed by atoms with E-state index in [0.29, 0.717) is 5.82 Å². The van der Waals surface area contributed by atoms with Crippen LogP contribution in [0, 0.1) is 0 Å².